The van der Waals surface area contributed by atoms with Crippen LogP contribution in [0.5, 0.6) is 0 Å². The van der Waals surface area contributed by atoms with E-state index in [1.807, 2.05) is 0 Å². The maximum atomic E-state index is 8.89. The van der Waals surface area contributed by atoms with Gasteiger partial charge in [-0.05, 0) is 12.8 Å². The molecule has 2 rings (SSSR count). The highest BCUT2D eigenvalue weighted by Crippen LogP contribution is 2.34. The van der Waals surface area contributed by atoms with Gasteiger partial charge >= 0.3 is 0 Å². The lowest BCUT2D eigenvalue weighted by atomic mass is 9.86. The summed E-state index contributed by atoms with van der Waals surface area (Å²) in [4.78, 5) is 0. The molecule has 0 aromatic carbocycles. The molecule has 0 aliphatic heterocycles. The number of anilines is 1. The van der Waals surface area contributed by atoms with E-state index < -0.39 is 0 Å². The van der Waals surface area contributed by atoms with Gasteiger partial charge in [-0.2, -0.15) is 5.26 Å². The summed E-state index contributed by atoms with van der Waals surface area (Å²) >= 11 is 0. The van der Waals surface area contributed by atoms with Gasteiger partial charge in [0.2, 0.25) is 5.88 Å². The van der Waals surface area contributed by atoms with Crippen molar-refractivity contribution in [2.45, 2.75) is 38.0 Å². The Balaban J connectivity index is 2.26. The van der Waals surface area contributed by atoms with Crippen LogP contribution in [-0.2, 0) is 0 Å². The number of nitriles is 1. The van der Waals surface area contributed by atoms with Gasteiger partial charge in [0.1, 0.15) is 17.3 Å². The van der Waals surface area contributed by atoms with Gasteiger partial charge in [0.25, 0.3) is 0 Å². The Morgan fingerprint density at radius 3 is 2.71 bits per heavy atom. The molecule has 0 bridgehead atoms. The van der Waals surface area contributed by atoms with Crippen LogP contribution in [0.2, 0.25) is 0 Å². The second kappa shape index (κ2) is 3.70. The molecule has 1 fully saturated rings. The summed E-state index contributed by atoms with van der Waals surface area (Å²) in [6.45, 7) is 0. The van der Waals surface area contributed by atoms with Gasteiger partial charge in [-0.15, -0.1) is 0 Å². The molecule has 1 aliphatic carbocycles. The summed E-state index contributed by atoms with van der Waals surface area (Å²) in [5.41, 5.74) is 6.72. The second-order valence-electron chi connectivity index (χ2n) is 3.75. The fourth-order valence-corrected chi connectivity index (χ4v) is 2.08. The SMILES string of the molecule is N#Cc1c(C2CCCCC2)noc1N. The van der Waals surface area contributed by atoms with E-state index in [0.717, 1.165) is 18.5 Å². The number of nitrogens with two attached hydrogens (primary N) is 1. The predicted molar refractivity (Wildman–Crippen MR) is 51.5 cm³/mol. The van der Waals surface area contributed by atoms with Crippen LogP contribution in [0.1, 0.15) is 49.3 Å². The first-order chi connectivity index (χ1) is 6.83. The summed E-state index contributed by atoms with van der Waals surface area (Å²) < 4.78 is 4.85. The van der Waals surface area contributed by atoms with Crippen molar-refractivity contribution in [3.05, 3.63) is 11.3 Å². The van der Waals surface area contributed by atoms with Crippen LogP contribution in [0.3, 0.4) is 0 Å². The highest BCUT2D eigenvalue weighted by atomic mass is 16.5. The molecule has 0 saturated heterocycles. The van der Waals surface area contributed by atoms with E-state index in [2.05, 4.69) is 11.2 Å². The van der Waals surface area contributed by atoms with Crippen LogP contribution in [0, 0.1) is 11.3 Å². The highest BCUT2D eigenvalue weighted by molar-refractivity contribution is 5.49. The van der Waals surface area contributed by atoms with Crippen LogP contribution in [0.15, 0.2) is 4.52 Å². The second-order valence-corrected chi connectivity index (χ2v) is 3.75. The van der Waals surface area contributed by atoms with E-state index in [1.54, 1.807) is 0 Å². The van der Waals surface area contributed by atoms with Crippen molar-refractivity contribution in [3.8, 4) is 6.07 Å². The molecular weight excluding hydrogens is 178 g/mol. The maximum absolute atomic E-state index is 8.89. The molecule has 1 aliphatic rings. The Morgan fingerprint density at radius 1 is 1.36 bits per heavy atom. The van der Waals surface area contributed by atoms with Crippen LogP contribution in [0.4, 0.5) is 5.88 Å². The Bertz CT molecular complexity index is 358. The molecule has 1 heterocycles. The number of aromatic nitrogens is 1. The van der Waals surface area contributed by atoms with Gasteiger partial charge in [0, 0.05) is 5.92 Å². The molecule has 4 nitrogen and oxygen atoms in total. The third kappa shape index (κ3) is 1.46. The van der Waals surface area contributed by atoms with E-state index in [-0.39, 0.29) is 5.88 Å². The first kappa shape index (κ1) is 9.07. The number of hydrogen-bond acceptors (Lipinski definition) is 4. The normalized spacial score (nSPS) is 17.9. The number of rotatable bonds is 1. The van der Waals surface area contributed by atoms with Gasteiger partial charge in [0.05, 0.1) is 0 Å². The monoisotopic (exact) mass is 191 g/mol. The van der Waals surface area contributed by atoms with E-state index >= 15 is 0 Å². The summed E-state index contributed by atoms with van der Waals surface area (Å²) in [7, 11) is 0. The molecule has 14 heavy (non-hydrogen) atoms. The topological polar surface area (TPSA) is 75.8 Å². The van der Waals surface area contributed by atoms with Crippen molar-refractivity contribution in [1.29, 1.82) is 5.26 Å². The lowest BCUT2D eigenvalue weighted by molar-refractivity contribution is 0.387. The fourth-order valence-electron chi connectivity index (χ4n) is 2.08. The minimum absolute atomic E-state index is 0.160. The van der Waals surface area contributed by atoms with Crippen molar-refractivity contribution in [2.24, 2.45) is 0 Å². The van der Waals surface area contributed by atoms with Crippen LogP contribution in [0.25, 0.3) is 0 Å². The first-order valence-electron chi connectivity index (χ1n) is 4.98. The molecule has 0 spiro atoms. The van der Waals surface area contributed by atoms with Crippen LogP contribution >= 0.6 is 0 Å². The van der Waals surface area contributed by atoms with Crippen molar-refractivity contribution in [2.75, 3.05) is 5.73 Å². The molecule has 1 aromatic heterocycles. The van der Waals surface area contributed by atoms with Crippen molar-refractivity contribution in [3.63, 3.8) is 0 Å². The Morgan fingerprint density at radius 2 is 2.07 bits per heavy atom. The molecule has 1 saturated carbocycles. The molecule has 0 radical (unpaired) electrons. The quantitative estimate of drug-likeness (QED) is 0.738. The third-order valence-corrected chi connectivity index (χ3v) is 2.85. The molecule has 4 heteroatoms. The average molecular weight is 191 g/mol. The van der Waals surface area contributed by atoms with Gasteiger partial charge in [-0.1, -0.05) is 24.4 Å². The predicted octanol–water partition coefficient (Wildman–Crippen LogP) is 2.18. The van der Waals surface area contributed by atoms with E-state index in [1.165, 1.54) is 19.3 Å². The zero-order valence-corrected chi connectivity index (χ0v) is 7.99. The summed E-state index contributed by atoms with van der Waals surface area (Å²) in [5.74, 6) is 0.535. The molecule has 74 valence electrons. The smallest absolute Gasteiger partial charge is 0.240 e. The summed E-state index contributed by atoms with van der Waals surface area (Å²) in [6.07, 6.45) is 5.90. The van der Waals surface area contributed by atoms with Crippen LogP contribution in [-0.4, -0.2) is 5.16 Å². The number of nitrogens with zero attached hydrogens (tertiary/aromatic N) is 2. The van der Waals surface area contributed by atoms with E-state index in [9.17, 15) is 0 Å². The summed E-state index contributed by atoms with van der Waals surface area (Å²) in [6, 6.07) is 2.06. The van der Waals surface area contributed by atoms with Gasteiger partial charge < -0.3 is 10.3 Å². The largest absolute Gasteiger partial charge is 0.366 e. The minimum atomic E-state index is 0.160. The standard InChI is InChI=1S/C10H13N3O/c11-6-8-9(13-14-10(8)12)7-4-2-1-3-5-7/h7H,1-5,12H2. The van der Waals surface area contributed by atoms with Crippen molar-refractivity contribution >= 4 is 5.88 Å². The summed E-state index contributed by atoms with van der Waals surface area (Å²) in [5, 5.41) is 12.8. The van der Waals surface area contributed by atoms with Crippen LogP contribution < -0.4 is 5.73 Å². The van der Waals surface area contributed by atoms with Gasteiger partial charge in [0.15, 0.2) is 0 Å². The minimum Gasteiger partial charge on any atom is -0.366 e. The number of nitrogen functional groups attached to an aromatic ring is 1. The molecule has 1 aromatic rings. The maximum Gasteiger partial charge on any atom is 0.240 e. The number of hydrogen-bond donors (Lipinski definition) is 1. The van der Waals surface area contributed by atoms with E-state index in [0.29, 0.717) is 11.5 Å². The zero-order valence-electron chi connectivity index (χ0n) is 7.99. The molecule has 0 amide bonds. The lowest BCUT2D eigenvalue weighted by Crippen LogP contribution is -2.06. The Labute approximate surface area is 82.7 Å². The third-order valence-electron chi connectivity index (χ3n) is 2.85. The first-order valence-corrected chi connectivity index (χ1v) is 4.98. The Kier molecular flexibility index (Phi) is 2.40. The highest BCUT2D eigenvalue weighted by Gasteiger charge is 2.24. The molecule has 2 N–H and O–H groups in total. The van der Waals surface area contributed by atoms with Crippen molar-refractivity contribution < 1.29 is 4.52 Å². The van der Waals surface area contributed by atoms with Gasteiger partial charge in [-0.25, -0.2) is 0 Å². The zero-order chi connectivity index (χ0) is 9.97. The molecular formula is C10H13N3O. The van der Waals surface area contributed by atoms with E-state index in [4.69, 9.17) is 15.5 Å². The Hall–Kier alpha value is -1.50. The fraction of sp³-hybridized carbons (Fsp3) is 0.600. The van der Waals surface area contributed by atoms with Gasteiger partial charge in [-0.3, -0.25) is 0 Å². The lowest BCUT2D eigenvalue weighted by Gasteiger charge is -2.18. The average Bonchev–Trinajstić information content (AvgIpc) is 2.61. The molecule has 0 unspecified atom stereocenters. The van der Waals surface area contributed by atoms with Crippen molar-refractivity contribution in [1.82, 2.24) is 5.16 Å². The molecule has 0 atom stereocenters.